The summed E-state index contributed by atoms with van der Waals surface area (Å²) in [6, 6.07) is 49.5. The molecule has 0 bridgehead atoms. The maximum atomic E-state index is 16.3. The van der Waals surface area contributed by atoms with Crippen molar-refractivity contribution in [3.8, 4) is 33.8 Å². The molecule has 8 heterocycles. The average molecular weight is 970 g/mol. The van der Waals surface area contributed by atoms with Gasteiger partial charge in [-0.15, -0.1) is 0 Å². The number of nitrogens with zero attached hydrogens (tertiary/aromatic N) is 9. The molecular formula is C58H49F2N11O2. The number of ether oxygens (including phenoxy) is 2. The molecule has 0 saturated carbocycles. The number of halogens is 2. The molecule has 13 rings (SSSR count). The number of aromatic amines is 2. The van der Waals surface area contributed by atoms with Crippen molar-refractivity contribution in [2.75, 3.05) is 62.4 Å². The molecule has 0 atom stereocenters. The highest BCUT2D eigenvalue weighted by molar-refractivity contribution is 6.16. The molecule has 5 aromatic carbocycles. The van der Waals surface area contributed by atoms with E-state index in [1.165, 1.54) is 0 Å². The Hall–Kier alpha value is -8.66. The molecule has 0 spiro atoms. The standard InChI is InChI=1S/C38H31FN6O.C20H18FN5O/c39-33-26-35-32(25-31(33)34-17-19-41-42-34)37(27-16-18-40-36(24-27)44-20-22-46-23-21-44)43-45(35)38(28-10-4-1-5-11-28,29-12-6-2-7-13-29)30-14-8-3-9-15-30;21-17-9-14-12-23-20(15(14)11-16(17)18-2-4-24-25-18)13-1-3-22-19(10-13)26-5-7-27-8-6-26/h1-19,24-26H,20-23H2,(H,41,42);1-4,9-11H,5-8,12H2,(H,24,25). The largest absolute Gasteiger partial charge is 0.378 e. The van der Waals surface area contributed by atoms with Gasteiger partial charge >= 0.3 is 0 Å². The van der Waals surface area contributed by atoms with Crippen LogP contribution in [0, 0.1) is 11.6 Å². The van der Waals surface area contributed by atoms with E-state index in [-0.39, 0.29) is 11.6 Å². The number of hydrogen-bond donors (Lipinski definition) is 2. The van der Waals surface area contributed by atoms with Gasteiger partial charge in [-0.05, 0) is 76.9 Å². The first-order valence-corrected chi connectivity index (χ1v) is 24.4. The Morgan fingerprint density at radius 2 is 1.01 bits per heavy atom. The maximum absolute atomic E-state index is 16.3. The second kappa shape index (κ2) is 19.9. The van der Waals surface area contributed by atoms with Crippen molar-refractivity contribution >= 4 is 28.3 Å². The van der Waals surface area contributed by atoms with Crippen LogP contribution in [0.25, 0.3) is 44.7 Å². The minimum atomic E-state index is -0.928. The van der Waals surface area contributed by atoms with Gasteiger partial charge in [0.25, 0.3) is 0 Å². The molecule has 0 radical (unpaired) electrons. The number of aliphatic imine (C=N–C) groups is 1. The SMILES string of the molecule is Fc1cc2c(cc1-c1ccn[nH]1)C(c1ccnc(N3CCOCC3)c1)=NC2.Fc1cc2c(cc1-c1ccn[nH]1)c(-c1ccnc(N3CCOCC3)c1)nn2C(c1ccccc1)(c1ccccc1)c1ccccc1. The zero-order valence-corrected chi connectivity index (χ0v) is 39.7. The van der Waals surface area contributed by atoms with E-state index in [1.807, 2.05) is 89.7 Å². The van der Waals surface area contributed by atoms with Crippen LogP contribution in [-0.2, 0) is 21.6 Å². The van der Waals surface area contributed by atoms with Crippen molar-refractivity contribution in [3.05, 3.63) is 221 Å². The van der Waals surface area contributed by atoms with E-state index in [2.05, 4.69) is 88.7 Å². The summed E-state index contributed by atoms with van der Waals surface area (Å²) in [5.41, 5.74) is 10.3. The van der Waals surface area contributed by atoms with E-state index in [0.717, 1.165) is 93.6 Å². The van der Waals surface area contributed by atoms with Crippen LogP contribution in [0.4, 0.5) is 20.4 Å². The molecule has 3 aliphatic heterocycles. The Morgan fingerprint density at radius 1 is 0.507 bits per heavy atom. The van der Waals surface area contributed by atoms with E-state index in [0.29, 0.717) is 61.0 Å². The minimum Gasteiger partial charge on any atom is -0.378 e. The highest BCUT2D eigenvalue weighted by Gasteiger charge is 2.41. The number of aromatic nitrogens is 8. The van der Waals surface area contributed by atoms with E-state index >= 15 is 4.39 Å². The van der Waals surface area contributed by atoms with Gasteiger partial charge in [-0.1, -0.05) is 91.0 Å². The molecule has 0 amide bonds. The Bertz CT molecular complexity index is 3440. The van der Waals surface area contributed by atoms with Gasteiger partial charge < -0.3 is 19.3 Å². The number of rotatable bonds is 10. The van der Waals surface area contributed by atoms with Gasteiger partial charge in [0.2, 0.25) is 0 Å². The number of hydrogen-bond acceptors (Lipinski definition) is 10. The lowest BCUT2D eigenvalue weighted by molar-refractivity contribution is 0.122. The monoisotopic (exact) mass is 969 g/mol. The third-order valence-corrected chi connectivity index (χ3v) is 13.8. The maximum Gasteiger partial charge on any atom is 0.138 e. The molecular weight excluding hydrogens is 921 g/mol. The second-order valence-electron chi connectivity index (χ2n) is 18.0. The molecule has 10 aromatic rings. The van der Waals surface area contributed by atoms with Crippen LogP contribution < -0.4 is 9.80 Å². The molecule has 5 aromatic heterocycles. The van der Waals surface area contributed by atoms with Crippen LogP contribution in [0.2, 0.25) is 0 Å². The number of anilines is 2. The van der Waals surface area contributed by atoms with Crippen molar-refractivity contribution in [2.45, 2.75) is 12.1 Å². The number of benzene rings is 5. The Labute approximate surface area is 419 Å². The molecule has 73 heavy (non-hydrogen) atoms. The summed E-state index contributed by atoms with van der Waals surface area (Å²) in [5.74, 6) is 1.15. The van der Waals surface area contributed by atoms with Crippen molar-refractivity contribution in [2.24, 2.45) is 4.99 Å². The van der Waals surface area contributed by atoms with Crippen molar-refractivity contribution in [1.82, 2.24) is 40.1 Å². The predicted molar refractivity (Wildman–Crippen MR) is 279 cm³/mol. The molecule has 0 aliphatic carbocycles. The lowest BCUT2D eigenvalue weighted by Gasteiger charge is -2.37. The van der Waals surface area contributed by atoms with Crippen LogP contribution in [0.15, 0.2) is 181 Å². The number of morpholine rings is 2. The van der Waals surface area contributed by atoms with Gasteiger partial charge in [0.15, 0.2) is 0 Å². The highest BCUT2D eigenvalue weighted by Crippen LogP contribution is 2.45. The van der Waals surface area contributed by atoms with E-state index in [1.54, 1.807) is 42.9 Å². The predicted octanol–water partition coefficient (Wildman–Crippen LogP) is 10.1. The van der Waals surface area contributed by atoms with Crippen LogP contribution in [0.3, 0.4) is 0 Å². The molecule has 2 fully saturated rings. The van der Waals surface area contributed by atoms with Crippen LogP contribution >= 0.6 is 0 Å². The molecule has 3 aliphatic rings. The van der Waals surface area contributed by atoms with Gasteiger partial charge in [0.1, 0.15) is 34.5 Å². The van der Waals surface area contributed by atoms with Crippen molar-refractivity contribution in [1.29, 1.82) is 0 Å². The van der Waals surface area contributed by atoms with E-state index in [4.69, 9.17) is 19.6 Å². The van der Waals surface area contributed by atoms with E-state index < -0.39 is 5.54 Å². The van der Waals surface area contributed by atoms with E-state index in [9.17, 15) is 4.39 Å². The molecule has 15 heteroatoms. The molecule has 2 N–H and O–H groups in total. The quantitative estimate of drug-likeness (QED) is 0.128. The molecule has 2 saturated heterocycles. The second-order valence-corrected chi connectivity index (χ2v) is 18.0. The molecule has 362 valence electrons. The zero-order valence-electron chi connectivity index (χ0n) is 39.7. The van der Waals surface area contributed by atoms with Gasteiger partial charge in [0.05, 0.1) is 55.6 Å². The first kappa shape index (κ1) is 45.5. The summed E-state index contributed by atoms with van der Waals surface area (Å²) in [5, 5.41) is 20.1. The summed E-state index contributed by atoms with van der Waals surface area (Å²) < 4.78 is 43.8. The Balaban J connectivity index is 0.000000170. The summed E-state index contributed by atoms with van der Waals surface area (Å²) in [6.07, 6.45) is 6.88. The lowest BCUT2D eigenvalue weighted by atomic mass is 9.77. The normalized spacial score (nSPS) is 14.7. The smallest absolute Gasteiger partial charge is 0.138 e. The summed E-state index contributed by atoms with van der Waals surface area (Å²) in [7, 11) is 0. The van der Waals surface area contributed by atoms with Gasteiger partial charge in [-0.25, -0.2) is 23.4 Å². The summed E-state index contributed by atoms with van der Waals surface area (Å²) in [6.45, 7) is 6.41. The zero-order chi connectivity index (χ0) is 49.1. The minimum absolute atomic E-state index is 0.266. The lowest BCUT2D eigenvalue weighted by Crippen LogP contribution is -2.38. The van der Waals surface area contributed by atoms with Crippen LogP contribution in [0.5, 0.6) is 0 Å². The third-order valence-electron chi connectivity index (χ3n) is 13.8. The van der Waals surface area contributed by atoms with Crippen LogP contribution in [-0.4, -0.2) is 98.5 Å². The van der Waals surface area contributed by atoms with Crippen molar-refractivity contribution < 1.29 is 18.3 Å². The first-order chi connectivity index (χ1) is 36.0. The fraction of sp³-hybridized carbons (Fsp3) is 0.172. The van der Waals surface area contributed by atoms with Crippen LogP contribution in [0.1, 0.15) is 33.4 Å². The number of fused-ring (bicyclic) bond motifs is 2. The number of nitrogens with one attached hydrogen (secondary N) is 2. The fourth-order valence-electron chi connectivity index (χ4n) is 10.3. The Morgan fingerprint density at radius 3 is 1.55 bits per heavy atom. The van der Waals surface area contributed by atoms with Gasteiger partial charge in [0, 0.05) is 90.2 Å². The Kier molecular flexibility index (Phi) is 12.4. The average Bonchev–Trinajstić information content (AvgIpc) is 4.32. The van der Waals surface area contributed by atoms with Gasteiger partial charge in [-0.2, -0.15) is 15.3 Å². The van der Waals surface area contributed by atoms with Gasteiger partial charge in [-0.3, -0.25) is 15.2 Å². The number of pyridine rings is 2. The fourth-order valence-corrected chi connectivity index (χ4v) is 10.3. The first-order valence-electron chi connectivity index (χ1n) is 24.4. The summed E-state index contributed by atoms with van der Waals surface area (Å²) in [4.78, 5) is 18.3. The summed E-state index contributed by atoms with van der Waals surface area (Å²) >= 11 is 0. The topological polar surface area (TPSA) is 138 Å². The van der Waals surface area contributed by atoms with Crippen molar-refractivity contribution in [3.63, 3.8) is 0 Å². The number of H-pyrrole nitrogens is 2. The molecule has 0 unspecified atom stereocenters. The highest BCUT2D eigenvalue weighted by atomic mass is 19.1. The third kappa shape index (κ3) is 8.61. The molecule has 13 nitrogen and oxygen atoms in total.